The summed E-state index contributed by atoms with van der Waals surface area (Å²) in [5.74, 6) is -2.85. The van der Waals surface area contributed by atoms with Gasteiger partial charge in [-0.15, -0.1) is 0 Å². The predicted octanol–water partition coefficient (Wildman–Crippen LogP) is 2.12. The van der Waals surface area contributed by atoms with Gasteiger partial charge in [0.2, 0.25) is 5.89 Å². The maximum atomic E-state index is 13.6. The van der Waals surface area contributed by atoms with Crippen molar-refractivity contribution in [2.75, 3.05) is 5.75 Å². The molecule has 126 valence electrons. The fourth-order valence-electron chi connectivity index (χ4n) is 1.92. The fraction of sp³-hybridized carbons (Fsp3) is 0.429. The van der Waals surface area contributed by atoms with Gasteiger partial charge in [-0.2, -0.15) is 4.98 Å². The molecule has 6 nitrogen and oxygen atoms in total. The third-order valence-electron chi connectivity index (χ3n) is 3.06. The summed E-state index contributed by atoms with van der Waals surface area (Å²) in [6.07, 6.45) is -1.61. The minimum Gasteiger partial charge on any atom is -0.387 e. The number of nitrogens with zero attached hydrogens (tertiary/aromatic N) is 2. The van der Waals surface area contributed by atoms with Crippen LogP contribution >= 0.6 is 0 Å². The maximum Gasteiger partial charge on any atom is 0.229 e. The average molecular weight is 346 g/mol. The van der Waals surface area contributed by atoms with Crippen molar-refractivity contribution in [3.63, 3.8) is 0 Å². The second-order valence-electron chi connectivity index (χ2n) is 5.44. The van der Waals surface area contributed by atoms with E-state index in [4.69, 9.17) is 4.52 Å². The molecule has 0 aliphatic carbocycles. The Kier molecular flexibility index (Phi) is 5.10. The van der Waals surface area contributed by atoms with Gasteiger partial charge in [-0.25, -0.2) is 17.2 Å². The number of halogens is 2. The third kappa shape index (κ3) is 4.55. The molecule has 0 spiro atoms. The number of aromatic nitrogens is 2. The Morgan fingerprint density at radius 3 is 2.57 bits per heavy atom. The van der Waals surface area contributed by atoms with Crippen molar-refractivity contribution in [2.45, 2.75) is 31.6 Å². The maximum absolute atomic E-state index is 13.6. The van der Waals surface area contributed by atoms with Gasteiger partial charge in [-0.1, -0.05) is 25.1 Å². The molecule has 0 saturated heterocycles. The summed E-state index contributed by atoms with van der Waals surface area (Å²) in [5.41, 5.74) is -0.286. The molecule has 2 aromatic rings. The highest BCUT2D eigenvalue weighted by Crippen LogP contribution is 2.21. The molecule has 1 aromatic carbocycles. The number of rotatable bonds is 6. The molecule has 9 heteroatoms. The Labute approximate surface area is 132 Å². The topological polar surface area (TPSA) is 93.3 Å². The molecule has 0 saturated carbocycles. The van der Waals surface area contributed by atoms with E-state index in [1.807, 2.05) is 13.8 Å². The Bertz CT molecular complexity index is 790. The number of hydrogen-bond donors (Lipinski definition) is 1. The van der Waals surface area contributed by atoms with E-state index in [-0.39, 0.29) is 17.3 Å². The van der Waals surface area contributed by atoms with E-state index in [1.54, 1.807) is 0 Å². The van der Waals surface area contributed by atoms with Crippen LogP contribution in [0.1, 0.15) is 43.1 Å². The van der Waals surface area contributed by atoms with E-state index >= 15 is 0 Å². The lowest BCUT2D eigenvalue weighted by Crippen LogP contribution is -2.18. The van der Waals surface area contributed by atoms with Crippen LogP contribution in [0.15, 0.2) is 22.7 Å². The quantitative estimate of drug-likeness (QED) is 0.861. The lowest BCUT2D eigenvalue weighted by Gasteiger charge is -2.11. The zero-order valence-electron chi connectivity index (χ0n) is 12.5. The van der Waals surface area contributed by atoms with Crippen LogP contribution in [0.5, 0.6) is 0 Å². The summed E-state index contributed by atoms with van der Waals surface area (Å²) in [6, 6.07) is 2.54. The molecule has 1 heterocycles. The van der Waals surface area contributed by atoms with Crippen molar-refractivity contribution in [1.29, 1.82) is 0 Å². The highest BCUT2D eigenvalue weighted by Gasteiger charge is 2.24. The van der Waals surface area contributed by atoms with Gasteiger partial charge in [-0.05, 0) is 6.07 Å². The zero-order valence-corrected chi connectivity index (χ0v) is 13.3. The Balaban J connectivity index is 2.10. The van der Waals surface area contributed by atoms with E-state index in [0.29, 0.717) is 12.0 Å². The summed E-state index contributed by atoms with van der Waals surface area (Å²) in [7, 11) is -3.82. The molecule has 1 aromatic heterocycles. The Morgan fingerprint density at radius 2 is 2.00 bits per heavy atom. The Hall–Kier alpha value is -1.87. The highest BCUT2D eigenvalue weighted by molar-refractivity contribution is 7.90. The van der Waals surface area contributed by atoms with Crippen molar-refractivity contribution in [3.05, 3.63) is 47.1 Å². The first kappa shape index (κ1) is 17.5. The molecule has 23 heavy (non-hydrogen) atoms. The monoisotopic (exact) mass is 346 g/mol. The minimum absolute atomic E-state index is 0.0273. The lowest BCUT2D eigenvalue weighted by atomic mass is 10.1. The van der Waals surface area contributed by atoms with Crippen LogP contribution in [0.2, 0.25) is 0 Å². The number of hydrogen-bond acceptors (Lipinski definition) is 6. The summed E-state index contributed by atoms with van der Waals surface area (Å²) >= 11 is 0. The van der Waals surface area contributed by atoms with Gasteiger partial charge in [0, 0.05) is 17.5 Å². The van der Waals surface area contributed by atoms with Gasteiger partial charge in [0.15, 0.2) is 15.7 Å². The molecule has 0 fully saturated rings. The van der Waals surface area contributed by atoms with Crippen molar-refractivity contribution >= 4 is 9.84 Å². The molecule has 0 amide bonds. The third-order valence-corrected chi connectivity index (χ3v) is 4.58. The van der Waals surface area contributed by atoms with Gasteiger partial charge >= 0.3 is 0 Å². The van der Waals surface area contributed by atoms with Gasteiger partial charge in [0.1, 0.15) is 17.4 Å². The van der Waals surface area contributed by atoms with Gasteiger partial charge in [-0.3, -0.25) is 0 Å². The van der Waals surface area contributed by atoms with E-state index < -0.39 is 39.1 Å². The second-order valence-corrected chi connectivity index (χ2v) is 7.55. The van der Waals surface area contributed by atoms with Crippen LogP contribution in [-0.2, 0) is 15.6 Å². The second kappa shape index (κ2) is 6.71. The van der Waals surface area contributed by atoms with Gasteiger partial charge in [0.05, 0.1) is 11.9 Å². The highest BCUT2D eigenvalue weighted by atomic mass is 32.2. The van der Waals surface area contributed by atoms with Gasteiger partial charge in [0.25, 0.3) is 0 Å². The molecule has 0 aliphatic rings. The van der Waals surface area contributed by atoms with Gasteiger partial charge < -0.3 is 9.63 Å². The molecule has 1 N–H and O–H groups in total. The molecule has 1 atom stereocenters. The van der Waals surface area contributed by atoms with Crippen LogP contribution in [0, 0.1) is 11.6 Å². The van der Waals surface area contributed by atoms with E-state index in [1.165, 1.54) is 0 Å². The SMILES string of the molecule is CC(C)c1nc(CS(=O)(=O)CC(O)c2ccc(F)cc2F)no1. The number of aliphatic hydroxyl groups excluding tert-OH is 1. The van der Waals surface area contributed by atoms with Crippen molar-refractivity contribution in [1.82, 2.24) is 10.1 Å². The largest absolute Gasteiger partial charge is 0.387 e. The summed E-state index contributed by atoms with van der Waals surface area (Å²) in [4.78, 5) is 3.94. The van der Waals surface area contributed by atoms with Crippen LogP contribution in [0.3, 0.4) is 0 Å². The minimum atomic E-state index is -3.82. The van der Waals surface area contributed by atoms with E-state index in [2.05, 4.69) is 10.1 Å². The standard InChI is InChI=1S/C14H16F2N2O4S/c1-8(2)14-17-13(18-22-14)7-23(20,21)6-12(19)10-4-3-9(15)5-11(10)16/h3-5,8,12,19H,6-7H2,1-2H3. The van der Waals surface area contributed by atoms with Crippen molar-refractivity contribution in [2.24, 2.45) is 0 Å². The molecule has 2 rings (SSSR count). The smallest absolute Gasteiger partial charge is 0.229 e. The number of aliphatic hydroxyl groups is 1. The van der Waals surface area contributed by atoms with Crippen LogP contribution in [0.25, 0.3) is 0 Å². The Morgan fingerprint density at radius 1 is 1.30 bits per heavy atom. The first-order valence-corrected chi connectivity index (χ1v) is 8.66. The number of benzene rings is 1. The molecular formula is C14H16F2N2O4S. The van der Waals surface area contributed by atoms with Crippen LogP contribution < -0.4 is 0 Å². The number of sulfone groups is 1. The molecule has 1 unspecified atom stereocenters. The van der Waals surface area contributed by atoms with E-state index in [9.17, 15) is 22.3 Å². The van der Waals surface area contributed by atoms with E-state index in [0.717, 1.165) is 12.1 Å². The fourth-order valence-corrected chi connectivity index (χ4v) is 3.21. The first-order chi connectivity index (χ1) is 10.7. The average Bonchev–Trinajstić information content (AvgIpc) is 2.85. The molecule has 0 aliphatic heterocycles. The first-order valence-electron chi connectivity index (χ1n) is 6.84. The molecule has 0 radical (unpaired) electrons. The summed E-state index contributed by atoms with van der Waals surface area (Å²) < 4.78 is 55.4. The molecule has 0 bridgehead atoms. The predicted molar refractivity (Wildman–Crippen MR) is 77.2 cm³/mol. The molecular weight excluding hydrogens is 330 g/mol. The summed E-state index contributed by atoms with van der Waals surface area (Å²) in [6.45, 7) is 3.62. The lowest BCUT2D eigenvalue weighted by molar-refractivity contribution is 0.196. The zero-order chi connectivity index (χ0) is 17.2. The van der Waals surface area contributed by atoms with Crippen LogP contribution in [-0.4, -0.2) is 29.4 Å². The van der Waals surface area contributed by atoms with Crippen LogP contribution in [0.4, 0.5) is 8.78 Å². The van der Waals surface area contributed by atoms with Crippen molar-refractivity contribution < 1.29 is 26.8 Å². The summed E-state index contributed by atoms with van der Waals surface area (Å²) in [5, 5.41) is 13.5. The van der Waals surface area contributed by atoms with Crippen molar-refractivity contribution in [3.8, 4) is 0 Å². The normalized spacial score (nSPS) is 13.5.